The topological polar surface area (TPSA) is 47.4 Å². The Kier molecular flexibility index (Phi) is 6.42. The standard InChI is InChI=1S/C20H18FN3O2.C2H6/c21-16-7-4-8-19(11-16)26-14-17-12-18-13-23(9-10-24(18)22-17)20(25)15-5-2-1-3-6-15;1-2/h1-8,11-12H,9-10,13-14H2;1-2H3. The summed E-state index contributed by atoms with van der Waals surface area (Å²) in [6, 6.07) is 17.2. The summed E-state index contributed by atoms with van der Waals surface area (Å²) >= 11 is 0. The SMILES string of the molecule is CC.O=C(c1ccccc1)N1CCn2nc(COc3cccc(F)c3)cc2C1. The van der Waals surface area contributed by atoms with Crippen molar-refractivity contribution in [3.63, 3.8) is 0 Å². The first-order valence-electron chi connectivity index (χ1n) is 9.47. The molecule has 28 heavy (non-hydrogen) atoms. The van der Waals surface area contributed by atoms with Gasteiger partial charge >= 0.3 is 0 Å². The van der Waals surface area contributed by atoms with Gasteiger partial charge in [-0.25, -0.2) is 4.39 Å². The van der Waals surface area contributed by atoms with Crippen molar-refractivity contribution in [3.05, 3.63) is 83.4 Å². The summed E-state index contributed by atoms with van der Waals surface area (Å²) < 4.78 is 20.7. The summed E-state index contributed by atoms with van der Waals surface area (Å²) in [5.74, 6) is 0.161. The number of halogens is 1. The monoisotopic (exact) mass is 381 g/mol. The van der Waals surface area contributed by atoms with Gasteiger partial charge in [-0.3, -0.25) is 9.48 Å². The lowest BCUT2D eigenvalue weighted by molar-refractivity contribution is 0.0706. The molecule has 0 aliphatic carbocycles. The maximum atomic E-state index is 13.2. The molecule has 1 aliphatic heterocycles. The van der Waals surface area contributed by atoms with Crippen molar-refractivity contribution in [3.8, 4) is 5.75 Å². The Morgan fingerprint density at radius 1 is 1.07 bits per heavy atom. The lowest BCUT2D eigenvalue weighted by Crippen LogP contribution is -2.38. The van der Waals surface area contributed by atoms with Crippen molar-refractivity contribution < 1.29 is 13.9 Å². The summed E-state index contributed by atoms with van der Waals surface area (Å²) in [5, 5.41) is 4.51. The maximum absolute atomic E-state index is 13.2. The summed E-state index contributed by atoms with van der Waals surface area (Å²) in [6.07, 6.45) is 0. The van der Waals surface area contributed by atoms with Gasteiger partial charge in [-0.1, -0.05) is 38.1 Å². The number of carbonyl (C=O) groups excluding carboxylic acids is 1. The van der Waals surface area contributed by atoms with Crippen LogP contribution in [0.1, 0.15) is 35.6 Å². The molecule has 0 saturated carbocycles. The van der Waals surface area contributed by atoms with Crippen LogP contribution in [0.25, 0.3) is 0 Å². The Balaban J connectivity index is 0.00000109. The summed E-state index contributed by atoms with van der Waals surface area (Å²) in [4.78, 5) is 14.4. The van der Waals surface area contributed by atoms with Crippen LogP contribution >= 0.6 is 0 Å². The Morgan fingerprint density at radius 3 is 2.61 bits per heavy atom. The van der Waals surface area contributed by atoms with Crippen LogP contribution in [0, 0.1) is 5.82 Å². The second kappa shape index (κ2) is 9.17. The first-order chi connectivity index (χ1) is 13.7. The van der Waals surface area contributed by atoms with Crippen molar-refractivity contribution in [2.24, 2.45) is 0 Å². The highest BCUT2D eigenvalue weighted by Crippen LogP contribution is 2.18. The number of aromatic nitrogens is 2. The van der Waals surface area contributed by atoms with E-state index in [-0.39, 0.29) is 18.3 Å². The van der Waals surface area contributed by atoms with Gasteiger partial charge in [-0.15, -0.1) is 0 Å². The Morgan fingerprint density at radius 2 is 1.86 bits per heavy atom. The third-order valence-corrected chi connectivity index (χ3v) is 4.34. The van der Waals surface area contributed by atoms with Crippen molar-refractivity contribution in [2.75, 3.05) is 6.54 Å². The smallest absolute Gasteiger partial charge is 0.254 e. The molecule has 0 radical (unpaired) electrons. The molecule has 0 fully saturated rings. The number of fused-ring (bicyclic) bond motifs is 1. The molecule has 0 N–H and O–H groups in total. The molecule has 6 heteroatoms. The van der Waals surface area contributed by atoms with E-state index in [0.29, 0.717) is 30.9 Å². The van der Waals surface area contributed by atoms with Crippen LogP contribution in [0.3, 0.4) is 0 Å². The predicted octanol–water partition coefficient (Wildman–Crippen LogP) is 4.28. The number of ether oxygens (including phenoxy) is 1. The molecule has 2 heterocycles. The van der Waals surface area contributed by atoms with E-state index in [1.54, 1.807) is 12.1 Å². The van der Waals surface area contributed by atoms with E-state index in [2.05, 4.69) is 5.10 Å². The number of hydrogen-bond acceptors (Lipinski definition) is 3. The van der Waals surface area contributed by atoms with Gasteiger partial charge in [0.15, 0.2) is 0 Å². The van der Waals surface area contributed by atoms with Crippen LogP contribution in [-0.2, 0) is 19.7 Å². The van der Waals surface area contributed by atoms with Crippen molar-refractivity contribution in [1.82, 2.24) is 14.7 Å². The van der Waals surface area contributed by atoms with E-state index in [9.17, 15) is 9.18 Å². The number of carbonyl (C=O) groups is 1. The summed E-state index contributed by atoms with van der Waals surface area (Å²) in [7, 11) is 0. The molecule has 0 atom stereocenters. The fraction of sp³-hybridized carbons (Fsp3) is 0.273. The van der Waals surface area contributed by atoms with Gasteiger partial charge in [0.2, 0.25) is 0 Å². The third-order valence-electron chi connectivity index (χ3n) is 4.34. The minimum atomic E-state index is -0.332. The van der Waals surface area contributed by atoms with Crippen LogP contribution in [0.4, 0.5) is 4.39 Å². The molecule has 0 spiro atoms. The lowest BCUT2D eigenvalue weighted by atomic mass is 10.2. The highest BCUT2D eigenvalue weighted by Gasteiger charge is 2.23. The Labute approximate surface area is 164 Å². The molecule has 1 aromatic heterocycles. The second-order valence-electron chi connectivity index (χ2n) is 6.19. The second-order valence-corrected chi connectivity index (χ2v) is 6.19. The van der Waals surface area contributed by atoms with Gasteiger partial charge in [0, 0.05) is 18.2 Å². The van der Waals surface area contributed by atoms with Gasteiger partial charge in [0.1, 0.15) is 23.9 Å². The minimum Gasteiger partial charge on any atom is -0.487 e. The molecular weight excluding hydrogens is 357 g/mol. The van der Waals surface area contributed by atoms with Crippen LogP contribution in [0.15, 0.2) is 60.7 Å². The summed E-state index contributed by atoms with van der Waals surface area (Å²) in [5.41, 5.74) is 2.42. The third kappa shape index (κ3) is 4.57. The normalized spacial score (nSPS) is 12.6. The van der Waals surface area contributed by atoms with Crippen molar-refractivity contribution in [2.45, 2.75) is 33.5 Å². The Bertz CT molecular complexity index is 925. The number of nitrogens with zero attached hydrogens (tertiary/aromatic N) is 3. The molecule has 0 bridgehead atoms. The largest absolute Gasteiger partial charge is 0.487 e. The van der Waals surface area contributed by atoms with Gasteiger partial charge in [-0.05, 0) is 30.3 Å². The van der Waals surface area contributed by atoms with E-state index in [1.807, 2.05) is 59.8 Å². The van der Waals surface area contributed by atoms with E-state index in [0.717, 1.165) is 11.4 Å². The average molecular weight is 381 g/mol. The highest BCUT2D eigenvalue weighted by molar-refractivity contribution is 5.94. The zero-order chi connectivity index (χ0) is 19.9. The average Bonchev–Trinajstić information content (AvgIpc) is 3.16. The van der Waals surface area contributed by atoms with Gasteiger partial charge in [-0.2, -0.15) is 5.10 Å². The van der Waals surface area contributed by atoms with Crippen molar-refractivity contribution in [1.29, 1.82) is 0 Å². The molecule has 1 amide bonds. The quantitative estimate of drug-likeness (QED) is 0.678. The number of amides is 1. The fourth-order valence-corrected chi connectivity index (χ4v) is 3.05. The predicted molar refractivity (Wildman–Crippen MR) is 105 cm³/mol. The molecular formula is C22H24FN3O2. The maximum Gasteiger partial charge on any atom is 0.254 e. The molecule has 0 saturated heterocycles. The molecule has 4 rings (SSSR count). The fourth-order valence-electron chi connectivity index (χ4n) is 3.05. The van der Waals surface area contributed by atoms with Crippen molar-refractivity contribution >= 4 is 5.91 Å². The van der Waals surface area contributed by atoms with Gasteiger partial charge in [0.05, 0.1) is 18.8 Å². The first-order valence-corrected chi connectivity index (χ1v) is 9.47. The molecule has 146 valence electrons. The van der Waals surface area contributed by atoms with Crippen LogP contribution in [0.5, 0.6) is 5.75 Å². The van der Waals surface area contributed by atoms with Crippen LogP contribution < -0.4 is 4.74 Å². The van der Waals surface area contributed by atoms with E-state index < -0.39 is 0 Å². The number of benzene rings is 2. The van der Waals surface area contributed by atoms with Gasteiger partial charge < -0.3 is 9.64 Å². The molecule has 2 aromatic carbocycles. The Hall–Kier alpha value is -3.15. The van der Waals surface area contributed by atoms with E-state index in [4.69, 9.17) is 4.74 Å². The lowest BCUT2D eigenvalue weighted by Gasteiger charge is -2.27. The first kappa shape index (κ1) is 19.6. The minimum absolute atomic E-state index is 0.0237. The number of hydrogen-bond donors (Lipinski definition) is 0. The van der Waals surface area contributed by atoms with E-state index >= 15 is 0 Å². The molecule has 1 aliphatic rings. The van der Waals surface area contributed by atoms with Crippen LogP contribution in [0.2, 0.25) is 0 Å². The molecule has 5 nitrogen and oxygen atoms in total. The summed E-state index contributed by atoms with van der Waals surface area (Å²) in [6.45, 7) is 6.04. The number of rotatable bonds is 4. The van der Waals surface area contributed by atoms with Crippen LogP contribution in [-0.4, -0.2) is 27.1 Å². The molecule has 0 unspecified atom stereocenters. The molecule has 3 aromatic rings. The highest BCUT2D eigenvalue weighted by atomic mass is 19.1. The zero-order valence-electron chi connectivity index (χ0n) is 16.1. The van der Waals surface area contributed by atoms with E-state index in [1.165, 1.54) is 12.1 Å². The van der Waals surface area contributed by atoms with Gasteiger partial charge in [0.25, 0.3) is 5.91 Å². The zero-order valence-corrected chi connectivity index (χ0v) is 16.1.